The smallest absolute Gasteiger partial charge is 0.225 e. The van der Waals surface area contributed by atoms with Crippen molar-refractivity contribution in [2.75, 3.05) is 23.3 Å². The molecule has 3 rings (SSSR count). The van der Waals surface area contributed by atoms with Crippen LogP contribution in [0.5, 0.6) is 0 Å². The maximum absolute atomic E-state index is 11.7. The van der Waals surface area contributed by atoms with Gasteiger partial charge in [0.15, 0.2) is 0 Å². The van der Waals surface area contributed by atoms with Crippen molar-refractivity contribution < 1.29 is 4.79 Å². The summed E-state index contributed by atoms with van der Waals surface area (Å²) in [7, 11) is 0. The quantitative estimate of drug-likeness (QED) is 0.823. The predicted octanol–water partition coefficient (Wildman–Crippen LogP) is 2.91. The molecule has 0 aromatic heterocycles. The number of rotatable bonds is 1. The van der Waals surface area contributed by atoms with E-state index in [9.17, 15) is 4.79 Å². The van der Waals surface area contributed by atoms with E-state index in [2.05, 4.69) is 42.3 Å². The summed E-state index contributed by atoms with van der Waals surface area (Å²) in [6.45, 7) is 6.55. The second kappa shape index (κ2) is 4.01. The molecule has 3 nitrogen and oxygen atoms in total. The van der Waals surface area contributed by atoms with Gasteiger partial charge in [-0.1, -0.05) is 19.9 Å². The van der Waals surface area contributed by atoms with Gasteiger partial charge in [-0.05, 0) is 30.5 Å². The minimum atomic E-state index is -0.0544. The van der Waals surface area contributed by atoms with Gasteiger partial charge in [0, 0.05) is 36.3 Å². The molecule has 1 amide bonds. The van der Waals surface area contributed by atoms with Crippen molar-refractivity contribution in [1.29, 1.82) is 0 Å². The zero-order valence-corrected chi connectivity index (χ0v) is 11.1. The number of nitrogens with one attached hydrogen (secondary N) is 1. The first-order valence-electron chi connectivity index (χ1n) is 6.76. The van der Waals surface area contributed by atoms with E-state index >= 15 is 0 Å². The molecule has 1 fully saturated rings. The van der Waals surface area contributed by atoms with Gasteiger partial charge in [0.2, 0.25) is 5.91 Å². The summed E-state index contributed by atoms with van der Waals surface area (Å²) in [5.74, 6) is 0.131. The molecule has 1 aromatic rings. The molecule has 0 saturated carbocycles. The predicted molar refractivity (Wildman–Crippen MR) is 74.2 cm³/mol. The summed E-state index contributed by atoms with van der Waals surface area (Å²) < 4.78 is 0. The van der Waals surface area contributed by atoms with Crippen LogP contribution in [0.25, 0.3) is 0 Å². The second-order valence-electron chi connectivity index (χ2n) is 6.03. The van der Waals surface area contributed by atoms with Gasteiger partial charge in [-0.3, -0.25) is 4.79 Å². The molecule has 18 heavy (non-hydrogen) atoms. The molecular formula is C15H20N2O. The minimum absolute atomic E-state index is 0.0544. The van der Waals surface area contributed by atoms with E-state index in [4.69, 9.17) is 0 Å². The Hall–Kier alpha value is -1.51. The molecule has 3 heteroatoms. The molecule has 2 heterocycles. The SMILES string of the molecule is CC1(C)CC(=O)Nc2cc(N3CCCC3)ccc21. The van der Waals surface area contributed by atoms with Gasteiger partial charge in [0.05, 0.1) is 0 Å². The molecule has 0 aliphatic carbocycles. The first-order valence-corrected chi connectivity index (χ1v) is 6.76. The van der Waals surface area contributed by atoms with E-state index in [-0.39, 0.29) is 11.3 Å². The molecule has 1 saturated heterocycles. The number of carbonyl (C=O) groups is 1. The summed E-state index contributed by atoms with van der Waals surface area (Å²) in [5.41, 5.74) is 3.44. The lowest BCUT2D eigenvalue weighted by molar-refractivity contribution is -0.117. The highest BCUT2D eigenvalue weighted by atomic mass is 16.1. The third-order valence-corrected chi connectivity index (χ3v) is 4.08. The number of benzene rings is 1. The number of anilines is 2. The highest BCUT2D eigenvalue weighted by Gasteiger charge is 2.32. The summed E-state index contributed by atoms with van der Waals surface area (Å²) in [5, 5.41) is 3.01. The minimum Gasteiger partial charge on any atom is -0.371 e. The molecule has 1 aromatic carbocycles. The van der Waals surface area contributed by atoms with Crippen LogP contribution in [0.15, 0.2) is 18.2 Å². The monoisotopic (exact) mass is 244 g/mol. The number of hydrogen-bond donors (Lipinski definition) is 1. The van der Waals surface area contributed by atoms with Gasteiger partial charge >= 0.3 is 0 Å². The Morgan fingerprint density at radius 1 is 1.22 bits per heavy atom. The molecule has 0 atom stereocenters. The molecule has 96 valence electrons. The summed E-state index contributed by atoms with van der Waals surface area (Å²) in [6.07, 6.45) is 3.12. The first-order chi connectivity index (χ1) is 8.56. The van der Waals surface area contributed by atoms with Crippen molar-refractivity contribution in [3.8, 4) is 0 Å². The van der Waals surface area contributed by atoms with Gasteiger partial charge in [-0.25, -0.2) is 0 Å². The van der Waals surface area contributed by atoms with Crippen molar-refractivity contribution >= 4 is 17.3 Å². The lowest BCUT2D eigenvalue weighted by Gasteiger charge is -2.33. The fourth-order valence-corrected chi connectivity index (χ4v) is 3.09. The first kappa shape index (κ1) is 11.6. The zero-order valence-electron chi connectivity index (χ0n) is 11.1. The topological polar surface area (TPSA) is 32.3 Å². The van der Waals surface area contributed by atoms with E-state index in [0.29, 0.717) is 6.42 Å². The molecule has 0 radical (unpaired) electrons. The Bertz CT molecular complexity index is 487. The van der Waals surface area contributed by atoms with Gasteiger partial charge < -0.3 is 10.2 Å². The van der Waals surface area contributed by atoms with E-state index in [1.807, 2.05) is 0 Å². The van der Waals surface area contributed by atoms with Crippen LogP contribution in [0.4, 0.5) is 11.4 Å². The largest absolute Gasteiger partial charge is 0.371 e. The molecule has 2 aliphatic heterocycles. The van der Waals surface area contributed by atoms with Crippen LogP contribution >= 0.6 is 0 Å². The van der Waals surface area contributed by atoms with Crippen LogP contribution < -0.4 is 10.2 Å². The highest BCUT2D eigenvalue weighted by molar-refractivity contribution is 5.96. The number of amides is 1. The Balaban J connectivity index is 1.99. The van der Waals surface area contributed by atoms with Crippen molar-refractivity contribution in [2.45, 2.75) is 38.5 Å². The van der Waals surface area contributed by atoms with Gasteiger partial charge in [0.1, 0.15) is 0 Å². The maximum Gasteiger partial charge on any atom is 0.225 e. The standard InChI is InChI=1S/C15H20N2O/c1-15(2)10-14(18)16-13-9-11(5-6-12(13)15)17-7-3-4-8-17/h5-6,9H,3-4,7-8,10H2,1-2H3,(H,16,18). The van der Waals surface area contributed by atoms with Crippen LogP contribution in [0.1, 0.15) is 38.7 Å². The number of carbonyl (C=O) groups excluding carboxylic acids is 1. The van der Waals surface area contributed by atoms with E-state index in [0.717, 1.165) is 18.8 Å². The number of fused-ring (bicyclic) bond motifs is 1. The van der Waals surface area contributed by atoms with Crippen molar-refractivity contribution in [3.05, 3.63) is 23.8 Å². The molecule has 2 aliphatic rings. The van der Waals surface area contributed by atoms with Gasteiger partial charge in [-0.2, -0.15) is 0 Å². The van der Waals surface area contributed by atoms with E-state index in [1.54, 1.807) is 0 Å². The maximum atomic E-state index is 11.7. The van der Waals surface area contributed by atoms with Gasteiger partial charge in [-0.15, -0.1) is 0 Å². The average Bonchev–Trinajstić information content (AvgIpc) is 2.80. The number of hydrogen-bond acceptors (Lipinski definition) is 2. The summed E-state index contributed by atoms with van der Waals surface area (Å²) in [6, 6.07) is 6.52. The Kier molecular flexibility index (Phi) is 2.58. The Labute approximate surface area is 108 Å². The Morgan fingerprint density at radius 2 is 1.94 bits per heavy atom. The van der Waals surface area contributed by atoms with Crippen molar-refractivity contribution in [1.82, 2.24) is 0 Å². The molecule has 0 bridgehead atoms. The molecule has 0 spiro atoms. The normalized spacial score (nSPS) is 21.7. The number of nitrogens with zero attached hydrogens (tertiary/aromatic N) is 1. The van der Waals surface area contributed by atoms with Gasteiger partial charge in [0.25, 0.3) is 0 Å². The third kappa shape index (κ3) is 1.88. The Morgan fingerprint density at radius 3 is 2.67 bits per heavy atom. The zero-order chi connectivity index (χ0) is 12.8. The van der Waals surface area contributed by atoms with Crippen LogP contribution in [-0.2, 0) is 10.2 Å². The van der Waals surface area contributed by atoms with Crippen LogP contribution in [0.3, 0.4) is 0 Å². The van der Waals surface area contributed by atoms with E-state index < -0.39 is 0 Å². The van der Waals surface area contributed by atoms with Crippen molar-refractivity contribution in [3.63, 3.8) is 0 Å². The summed E-state index contributed by atoms with van der Waals surface area (Å²) in [4.78, 5) is 14.1. The van der Waals surface area contributed by atoms with Crippen molar-refractivity contribution in [2.24, 2.45) is 0 Å². The summed E-state index contributed by atoms with van der Waals surface area (Å²) >= 11 is 0. The van der Waals surface area contributed by atoms with Crippen LogP contribution in [-0.4, -0.2) is 19.0 Å². The lowest BCUT2D eigenvalue weighted by atomic mass is 9.78. The lowest BCUT2D eigenvalue weighted by Crippen LogP contribution is -2.32. The fraction of sp³-hybridized carbons (Fsp3) is 0.533. The molecule has 0 unspecified atom stereocenters. The molecule has 1 N–H and O–H groups in total. The second-order valence-corrected chi connectivity index (χ2v) is 6.03. The average molecular weight is 244 g/mol. The molecular weight excluding hydrogens is 224 g/mol. The third-order valence-electron chi connectivity index (χ3n) is 4.08. The van der Waals surface area contributed by atoms with E-state index in [1.165, 1.54) is 24.1 Å². The fourth-order valence-electron chi connectivity index (χ4n) is 3.09. The van der Waals surface area contributed by atoms with Crippen LogP contribution in [0.2, 0.25) is 0 Å². The van der Waals surface area contributed by atoms with Crippen LogP contribution in [0, 0.1) is 0 Å². The highest BCUT2D eigenvalue weighted by Crippen LogP contribution is 2.39.